The van der Waals surface area contributed by atoms with Gasteiger partial charge in [-0.3, -0.25) is 4.79 Å². The van der Waals surface area contributed by atoms with Crippen molar-refractivity contribution in [1.82, 2.24) is 9.97 Å². The van der Waals surface area contributed by atoms with Gasteiger partial charge in [0.25, 0.3) is 0 Å². The van der Waals surface area contributed by atoms with E-state index in [1.54, 1.807) is 6.92 Å². The minimum absolute atomic E-state index is 0.0446. The molecule has 0 bridgehead atoms. The fourth-order valence-electron chi connectivity index (χ4n) is 3.49. The van der Waals surface area contributed by atoms with Gasteiger partial charge in [0.05, 0.1) is 0 Å². The van der Waals surface area contributed by atoms with E-state index in [1.165, 1.54) is 11.3 Å². The number of benzene rings is 2. The molecule has 1 aliphatic rings. The van der Waals surface area contributed by atoms with Crippen molar-refractivity contribution in [2.75, 3.05) is 16.8 Å². The third-order valence-electron chi connectivity index (χ3n) is 4.75. The Morgan fingerprint density at radius 1 is 1.07 bits per heavy atom. The highest BCUT2D eigenvalue weighted by molar-refractivity contribution is 5.95. The number of nitrogens with zero attached hydrogens (tertiary/aromatic N) is 3. The van der Waals surface area contributed by atoms with Gasteiger partial charge < -0.3 is 10.2 Å². The van der Waals surface area contributed by atoms with Crippen LogP contribution in [0.3, 0.4) is 0 Å². The molecule has 0 aliphatic carbocycles. The van der Waals surface area contributed by atoms with Crippen LogP contribution in [0.5, 0.6) is 0 Å². The lowest BCUT2D eigenvalue weighted by Gasteiger charge is -2.30. The van der Waals surface area contributed by atoms with E-state index in [2.05, 4.69) is 44.5 Å². The average Bonchev–Trinajstić information content (AvgIpc) is 2.67. The minimum atomic E-state index is 0.0446. The lowest BCUT2D eigenvalue weighted by molar-refractivity contribution is 0.101. The first-order chi connectivity index (χ1) is 13.1. The van der Waals surface area contributed by atoms with Crippen molar-refractivity contribution < 1.29 is 4.79 Å². The van der Waals surface area contributed by atoms with Crippen molar-refractivity contribution in [2.45, 2.75) is 26.7 Å². The number of Topliss-reactive ketones (excluding diaryl/α,β-unsaturated/α-hetero) is 1. The number of anilines is 4. The third-order valence-corrected chi connectivity index (χ3v) is 4.75. The molecule has 0 saturated heterocycles. The second kappa shape index (κ2) is 7.19. The summed E-state index contributed by atoms with van der Waals surface area (Å²) in [6.45, 7) is 4.41. The summed E-state index contributed by atoms with van der Waals surface area (Å²) in [4.78, 5) is 23.1. The largest absolute Gasteiger partial charge is 0.340 e. The zero-order valence-electron chi connectivity index (χ0n) is 15.6. The average molecular weight is 358 g/mol. The van der Waals surface area contributed by atoms with Gasteiger partial charge in [0, 0.05) is 29.5 Å². The number of ketones is 1. The third kappa shape index (κ3) is 3.67. The van der Waals surface area contributed by atoms with E-state index in [1.807, 2.05) is 37.3 Å². The smallest absolute Gasteiger partial charge is 0.159 e. The standard InChI is InChI=1S/C22H22N4O/c1-15(27)18-8-5-10-19(13-18)25-21-14-22(24-16(2)23-21)26-12-6-9-17-7-3-4-11-20(17)26/h3-5,7-8,10-11,13-14H,6,9,12H2,1-2H3,(H,23,24,25). The highest BCUT2D eigenvalue weighted by Gasteiger charge is 2.19. The molecule has 2 aromatic carbocycles. The van der Waals surface area contributed by atoms with E-state index >= 15 is 0 Å². The minimum Gasteiger partial charge on any atom is -0.340 e. The van der Waals surface area contributed by atoms with Gasteiger partial charge in [-0.1, -0.05) is 30.3 Å². The maximum absolute atomic E-state index is 11.6. The molecule has 0 amide bonds. The molecule has 0 radical (unpaired) electrons. The Morgan fingerprint density at radius 2 is 1.93 bits per heavy atom. The Bertz CT molecular complexity index is 999. The molecule has 0 unspecified atom stereocenters. The molecular formula is C22H22N4O. The van der Waals surface area contributed by atoms with Crippen molar-refractivity contribution >= 4 is 28.8 Å². The molecule has 0 fully saturated rings. The first-order valence-electron chi connectivity index (χ1n) is 9.19. The van der Waals surface area contributed by atoms with Crippen molar-refractivity contribution in [3.63, 3.8) is 0 Å². The molecule has 5 heteroatoms. The molecule has 0 saturated carbocycles. The van der Waals surface area contributed by atoms with Gasteiger partial charge in [-0.25, -0.2) is 9.97 Å². The van der Waals surface area contributed by atoms with E-state index in [0.717, 1.165) is 36.7 Å². The Balaban J connectivity index is 1.67. The number of hydrogen-bond acceptors (Lipinski definition) is 5. The number of para-hydroxylation sites is 1. The molecule has 1 aromatic heterocycles. The quantitative estimate of drug-likeness (QED) is 0.678. The summed E-state index contributed by atoms with van der Waals surface area (Å²) in [6, 6.07) is 17.9. The lowest BCUT2D eigenvalue weighted by Crippen LogP contribution is -2.25. The van der Waals surface area contributed by atoms with Gasteiger partial charge in [-0.2, -0.15) is 0 Å². The predicted octanol–water partition coefficient (Wildman–Crippen LogP) is 4.82. The van der Waals surface area contributed by atoms with Gasteiger partial charge in [-0.15, -0.1) is 0 Å². The normalized spacial score (nSPS) is 13.2. The van der Waals surface area contributed by atoms with Gasteiger partial charge in [-0.05, 0) is 50.5 Å². The second-order valence-corrected chi connectivity index (χ2v) is 6.80. The van der Waals surface area contributed by atoms with Gasteiger partial charge in [0.2, 0.25) is 0 Å². The van der Waals surface area contributed by atoms with Crippen LogP contribution in [0.2, 0.25) is 0 Å². The van der Waals surface area contributed by atoms with Crippen molar-refractivity contribution in [3.05, 3.63) is 71.5 Å². The fraction of sp³-hybridized carbons (Fsp3) is 0.227. The monoisotopic (exact) mass is 358 g/mol. The Morgan fingerprint density at radius 3 is 2.78 bits per heavy atom. The van der Waals surface area contributed by atoms with E-state index in [4.69, 9.17) is 0 Å². The van der Waals surface area contributed by atoms with Crippen LogP contribution in [0.1, 0.15) is 35.1 Å². The fourth-order valence-corrected chi connectivity index (χ4v) is 3.49. The van der Waals surface area contributed by atoms with Crippen LogP contribution in [-0.4, -0.2) is 22.3 Å². The molecule has 0 spiro atoms. The Hall–Kier alpha value is -3.21. The predicted molar refractivity (Wildman–Crippen MR) is 108 cm³/mol. The first kappa shape index (κ1) is 17.2. The van der Waals surface area contributed by atoms with Crippen molar-refractivity contribution in [1.29, 1.82) is 0 Å². The zero-order chi connectivity index (χ0) is 18.8. The lowest BCUT2D eigenvalue weighted by atomic mass is 10.0. The van der Waals surface area contributed by atoms with E-state index in [9.17, 15) is 4.79 Å². The Labute approximate surface area is 159 Å². The molecular weight excluding hydrogens is 336 g/mol. The summed E-state index contributed by atoms with van der Waals surface area (Å²) >= 11 is 0. The van der Waals surface area contributed by atoms with E-state index in [0.29, 0.717) is 11.4 Å². The number of aryl methyl sites for hydroxylation is 2. The van der Waals surface area contributed by atoms with E-state index < -0.39 is 0 Å². The van der Waals surface area contributed by atoms with Crippen LogP contribution in [0, 0.1) is 6.92 Å². The second-order valence-electron chi connectivity index (χ2n) is 6.80. The van der Waals surface area contributed by atoms with Crippen molar-refractivity contribution in [2.24, 2.45) is 0 Å². The number of fused-ring (bicyclic) bond motifs is 1. The van der Waals surface area contributed by atoms with Crippen LogP contribution < -0.4 is 10.2 Å². The molecule has 2 heterocycles. The number of carbonyl (C=O) groups excluding carboxylic acids is 1. The van der Waals surface area contributed by atoms with E-state index in [-0.39, 0.29) is 5.78 Å². The summed E-state index contributed by atoms with van der Waals surface area (Å²) in [6.07, 6.45) is 2.20. The molecule has 3 aromatic rings. The molecule has 136 valence electrons. The Kier molecular flexibility index (Phi) is 4.59. The molecule has 1 N–H and O–H groups in total. The molecule has 0 atom stereocenters. The highest BCUT2D eigenvalue weighted by Crippen LogP contribution is 2.33. The summed E-state index contributed by atoms with van der Waals surface area (Å²) < 4.78 is 0. The highest BCUT2D eigenvalue weighted by atomic mass is 16.1. The molecule has 27 heavy (non-hydrogen) atoms. The zero-order valence-corrected chi connectivity index (χ0v) is 15.6. The molecule has 1 aliphatic heterocycles. The van der Waals surface area contributed by atoms with Crippen LogP contribution >= 0.6 is 0 Å². The summed E-state index contributed by atoms with van der Waals surface area (Å²) in [5.74, 6) is 2.37. The first-order valence-corrected chi connectivity index (χ1v) is 9.19. The topological polar surface area (TPSA) is 58.1 Å². The van der Waals surface area contributed by atoms with Crippen LogP contribution in [-0.2, 0) is 6.42 Å². The van der Waals surface area contributed by atoms with Crippen LogP contribution in [0.15, 0.2) is 54.6 Å². The number of rotatable bonds is 4. The summed E-state index contributed by atoms with van der Waals surface area (Å²) in [5.41, 5.74) is 4.08. The number of nitrogens with one attached hydrogen (secondary N) is 1. The molecule has 4 rings (SSSR count). The maximum Gasteiger partial charge on any atom is 0.159 e. The maximum atomic E-state index is 11.6. The van der Waals surface area contributed by atoms with Crippen LogP contribution in [0.4, 0.5) is 23.0 Å². The van der Waals surface area contributed by atoms with Gasteiger partial charge >= 0.3 is 0 Å². The SMILES string of the molecule is CC(=O)c1cccc(Nc2cc(N3CCCc4ccccc43)nc(C)n2)c1. The van der Waals surface area contributed by atoms with Gasteiger partial charge in [0.1, 0.15) is 17.5 Å². The number of carbonyl (C=O) groups is 1. The summed E-state index contributed by atoms with van der Waals surface area (Å²) in [5, 5.41) is 3.31. The number of hydrogen-bond donors (Lipinski definition) is 1. The van der Waals surface area contributed by atoms with Crippen molar-refractivity contribution in [3.8, 4) is 0 Å². The van der Waals surface area contributed by atoms with Gasteiger partial charge in [0.15, 0.2) is 5.78 Å². The molecule has 5 nitrogen and oxygen atoms in total. The number of aromatic nitrogens is 2. The van der Waals surface area contributed by atoms with Crippen LogP contribution in [0.25, 0.3) is 0 Å². The summed E-state index contributed by atoms with van der Waals surface area (Å²) in [7, 11) is 0.